The SMILES string of the molecule is O=C(NCCN1C(=O)S/C(=C\c2ccc(Cl)cc2Cl)C1=O)c1ccccc1F. The number of hydrogen-bond donors (Lipinski definition) is 1. The predicted octanol–water partition coefficient (Wildman–Crippen LogP) is 4.60. The van der Waals surface area contributed by atoms with Crippen LogP contribution in [0.25, 0.3) is 6.08 Å². The number of amides is 3. The Bertz CT molecular complexity index is 997. The second kappa shape index (κ2) is 8.77. The van der Waals surface area contributed by atoms with Gasteiger partial charge in [0.05, 0.1) is 10.5 Å². The van der Waals surface area contributed by atoms with E-state index in [1.807, 2.05) is 0 Å². The first-order chi connectivity index (χ1) is 13.4. The fraction of sp³-hybridized carbons (Fsp3) is 0.105. The molecule has 1 aliphatic heterocycles. The zero-order chi connectivity index (χ0) is 20.3. The lowest BCUT2D eigenvalue weighted by atomic mass is 10.2. The Balaban J connectivity index is 1.63. The highest BCUT2D eigenvalue weighted by atomic mass is 35.5. The molecule has 0 aromatic heterocycles. The van der Waals surface area contributed by atoms with Crippen molar-refractivity contribution in [2.75, 3.05) is 13.1 Å². The Hall–Kier alpha value is -2.35. The van der Waals surface area contributed by atoms with Crippen LogP contribution >= 0.6 is 35.0 Å². The number of carbonyl (C=O) groups excluding carboxylic acids is 3. The number of rotatable bonds is 5. The standard InChI is InChI=1S/C19H13Cl2FN2O3S/c20-12-6-5-11(14(21)10-12)9-16-18(26)24(19(27)28-16)8-7-23-17(25)13-3-1-2-4-15(13)22/h1-6,9-10H,7-8H2,(H,23,25)/b16-9-. The van der Waals surface area contributed by atoms with E-state index in [0.717, 1.165) is 16.7 Å². The highest BCUT2D eigenvalue weighted by Gasteiger charge is 2.34. The summed E-state index contributed by atoms with van der Waals surface area (Å²) in [5.41, 5.74) is 0.457. The highest BCUT2D eigenvalue weighted by Crippen LogP contribution is 2.33. The molecule has 1 saturated heterocycles. The van der Waals surface area contributed by atoms with Crippen molar-refractivity contribution in [2.24, 2.45) is 0 Å². The van der Waals surface area contributed by atoms with Crippen molar-refractivity contribution in [2.45, 2.75) is 0 Å². The molecule has 0 atom stereocenters. The fourth-order valence-electron chi connectivity index (χ4n) is 2.47. The largest absolute Gasteiger partial charge is 0.350 e. The number of carbonyl (C=O) groups is 3. The van der Waals surface area contributed by atoms with Crippen molar-refractivity contribution in [1.29, 1.82) is 0 Å². The Labute approximate surface area is 174 Å². The van der Waals surface area contributed by atoms with Gasteiger partial charge in [-0.25, -0.2) is 4.39 Å². The number of halogens is 3. The number of hydrogen-bond acceptors (Lipinski definition) is 4. The van der Waals surface area contributed by atoms with Crippen LogP contribution in [-0.2, 0) is 4.79 Å². The van der Waals surface area contributed by atoms with Gasteiger partial charge in [-0.3, -0.25) is 19.3 Å². The zero-order valence-electron chi connectivity index (χ0n) is 14.2. The second-order valence-corrected chi connectivity index (χ2v) is 7.57. The number of nitrogens with zero attached hydrogens (tertiary/aromatic N) is 1. The molecular formula is C19H13Cl2FN2O3S. The van der Waals surface area contributed by atoms with E-state index in [0.29, 0.717) is 15.6 Å². The van der Waals surface area contributed by atoms with Crippen LogP contribution in [-0.4, -0.2) is 35.0 Å². The average Bonchev–Trinajstić information content (AvgIpc) is 2.91. The second-order valence-electron chi connectivity index (χ2n) is 5.73. The van der Waals surface area contributed by atoms with Gasteiger partial charge >= 0.3 is 0 Å². The van der Waals surface area contributed by atoms with E-state index < -0.39 is 22.9 Å². The third kappa shape index (κ3) is 4.55. The molecule has 144 valence electrons. The van der Waals surface area contributed by atoms with Crippen LogP contribution in [0.4, 0.5) is 9.18 Å². The van der Waals surface area contributed by atoms with Crippen LogP contribution in [0.1, 0.15) is 15.9 Å². The Morgan fingerprint density at radius 2 is 1.93 bits per heavy atom. The van der Waals surface area contributed by atoms with Crippen LogP contribution in [0.15, 0.2) is 47.4 Å². The molecule has 1 heterocycles. The molecule has 0 aliphatic carbocycles. The van der Waals surface area contributed by atoms with Gasteiger partial charge in [-0.05, 0) is 47.7 Å². The molecule has 0 radical (unpaired) electrons. The maximum absolute atomic E-state index is 13.6. The van der Waals surface area contributed by atoms with Crippen molar-refractivity contribution in [3.05, 3.63) is 74.4 Å². The molecule has 28 heavy (non-hydrogen) atoms. The molecular weight excluding hydrogens is 426 g/mol. The van der Waals surface area contributed by atoms with E-state index >= 15 is 0 Å². The maximum atomic E-state index is 13.6. The number of imide groups is 1. The van der Waals surface area contributed by atoms with E-state index in [2.05, 4.69) is 5.32 Å². The molecule has 0 bridgehead atoms. The monoisotopic (exact) mass is 438 g/mol. The highest BCUT2D eigenvalue weighted by molar-refractivity contribution is 8.18. The summed E-state index contributed by atoms with van der Waals surface area (Å²) < 4.78 is 13.6. The van der Waals surface area contributed by atoms with Gasteiger partial charge in [0.15, 0.2) is 0 Å². The van der Waals surface area contributed by atoms with E-state index in [4.69, 9.17) is 23.2 Å². The van der Waals surface area contributed by atoms with Gasteiger partial charge in [-0.1, -0.05) is 41.4 Å². The van der Waals surface area contributed by atoms with Gasteiger partial charge in [-0.2, -0.15) is 0 Å². The summed E-state index contributed by atoms with van der Waals surface area (Å²) in [6.45, 7) is -0.0310. The van der Waals surface area contributed by atoms with Gasteiger partial charge in [0.1, 0.15) is 5.82 Å². The molecule has 2 aromatic rings. The van der Waals surface area contributed by atoms with E-state index in [1.165, 1.54) is 30.3 Å². The minimum atomic E-state index is -0.644. The molecule has 1 fully saturated rings. The summed E-state index contributed by atoms with van der Waals surface area (Å²) in [5, 5.41) is 2.86. The van der Waals surface area contributed by atoms with Gasteiger partial charge in [0.25, 0.3) is 17.1 Å². The van der Waals surface area contributed by atoms with Crippen molar-refractivity contribution < 1.29 is 18.8 Å². The predicted molar refractivity (Wildman–Crippen MR) is 108 cm³/mol. The van der Waals surface area contributed by atoms with Gasteiger partial charge in [0.2, 0.25) is 0 Å². The lowest BCUT2D eigenvalue weighted by molar-refractivity contribution is -0.122. The third-order valence-corrected chi connectivity index (χ3v) is 5.33. The van der Waals surface area contributed by atoms with Gasteiger partial charge in [0, 0.05) is 23.1 Å². The molecule has 0 saturated carbocycles. The van der Waals surface area contributed by atoms with Crippen LogP contribution in [0.5, 0.6) is 0 Å². The summed E-state index contributed by atoms with van der Waals surface area (Å²) >= 11 is 12.7. The van der Waals surface area contributed by atoms with Crippen molar-refractivity contribution >= 4 is 58.1 Å². The first kappa shape index (κ1) is 20.4. The lowest BCUT2D eigenvalue weighted by Gasteiger charge is -2.13. The van der Waals surface area contributed by atoms with E-state index in [1.54, 1.807) is 18.2 Å². The summed E-state index contributed by atoms with van der Waals surface area (Å²) in [5.74, 6) is -1.75. The van der Waals surface area contributed by atoms with Gasteiger partial charge in [-0.15, -0.1) is 0 Å². The molecule has 3 rings (SSSR count). The molecule has 9 heteroatoms. The molecule has 1 aliphatic rings. The van der Waals surface area contributed by atoms with Crippen LogP contribution < -0.4 is 5.32 Å². The quantitative estimate of drug-likeness (QED) is 0.692. The van der Waals surface area contributed by atoms with Crippen molar-refractivity contribution in [3.63, 3.8) is 0 Å². The number of benzene rings is 2. The minimum absolute atomic E-state index is 0.000187. The molecule has 1 N–H and O–H groups in total. The molecule has 0 unspecified atom stereocenters. The zero-order valence-corrected chi connectivity index (χ0v) is 16.6. The molecule has 2 aromatic carbocycles. The van der Waals surface area contributed by atoms with Crippen LogP contribution in [0.2, 0.25) is 10.0 Å². The molecule has 0 spiro atoms. The number of thioether (sulfide) groups is 1. The summed E-state index contributed by atoms with van der Waals surface area (Å²) in [6, 6.07) is 10.4. The Morgan fingerprint density at radius 1 is 1.18 bits per heavy atom. The molecule has 3 amide bonds. The first-order valence-electron chi connectivity index (χ1n) is 8.10. The minimum Gasteiger partial charge on any atom is -0.350 e. The fourth-order valence-corrected chi connectivity index (χ4v) is 3.79. The number of nitrogens with one attached hydrogen (secondary N) is 1. The third-order valence-electron chi connectivity index (χ3n) is 3.86. The Morgan fingerprint density at radius 3 is 2.64 bits per heavy atom. The van der Waals surface area contributed by atoms with Crippen LogP contribution in [0, 0.1) is 5.82 Å². The first-order valence-corrected chi connectivity index (χ1v) is 9.67. The van der Waals surface area contributed by atoms with Crippen LogP contribution in [0.3, 0.4) is 0 Å². The smallest absolute Gasteiger partial charge is 0.293 e. The van der Waals surface area contributed by atoms with Crippen molar-refractivity contribution in [1.82, 2.24) is 10.2 Å². The van der Waals surface area contributed by atoms with E-state index in [9.17, 15) is 18.8 Å². The normalized spacial score (nSPS) is 15.4. The summed E-state index contributed by atoms with van der Waals surface area (Å²) in [6.07, 6.45) is 1.52. The topological polar surface area (TPSA) is 66.5 Å². The molecule has 5 nitrogen and oxygen atoms in total. The lowest BCUT2D eigenvalue weighted by Crippen LogP contribution is -2.37. The van der Waals surface area contributed by atoms with Crippen molar-refractivity contribution in [3.8, 4) is 0 Å². The summed E-state index contributed by atoms with van der Waals surface area (Å²) in [7, 11) is 0. The van der Waals surface area contributed by atoms with E-state index in [-0.39, 0.29) is 23.6 Å². The maximum Gasteiger partial charge on any atom is 0.293 e. The summed E-state index contributed by atoms with van der Waals surface area (Å²) in [4.78, 5) is 37.8. The van der Waals surface area contributed by atoms with Gasteiger partial charge < -0.3 is 5.32 Å². The average molecular weight is 439 g/mol. The Kier molecular flexibility index (Phi) is 6.39.